The lowest BCUT2D eigenvalue weighted by Gasteiger charge is -2.30. The summed E-state index contributed by atoms with van der Waals surface area (Å²) in [4.78, 5) is 2.48. The number of halogens is 1. The van der Waals surface area contributed by atoms with Gasteiger partial charge in [-0.3, -0.25) is 5.10 Å². The third-order valence-corrected chi connectivity index (χ3v) is 5.81. The smallest absolute Gasteiger partial charge is 0.123 e. The first-order valence-electron chi connectivity index (χ1n) is 10.1. The van der Waals surface area contributed by atoms with Crippen LogP contribution in [0.1, 0.15) is 51.1 Å². The van der Waals surface area contributed by atoms with Crippen LogP contribution in [0.2, 0.25) is 0 Å². The van der Waals surface area contributed by atoms with Crippen molar-refractivity contribution in [3.63, 3.8) is 0 Å². The molecule has 1 heterocycles. The predicted molar refractivity (Wildman–Crippen MR) is 106 cm³/mol. The third kappa shape index (κ3) is 5.41. The van der Waals surface area contributed by atoms with Crippen molar-refractivity contribution >= 4 is 0 Å². The fraction of sp³-hybridized carbons (Fsp3) is 0.591. The minimum Gasteiger partial charge on any atom is -0.306 e. The second-order valence-electron chi connectivity index (χ2n) is 8.03. The molecule has 1 N–H and O–H groups in total. The Labute approximate surface area is 157 Å². The summed E-state index contributed by atoms with van der Waals surface area (Å²) in [5.41, 5.74) is 2.99. The molecule has 0 spiro atoms. The number of nitrogens with one attached hydrogen (secondary N) is 1. The zero-order chi connectivity index (χ0) is 18.4. The second kappa shape index (κ2) is 9.31. The van der Waals surface area contributed by atoms with E-state index >= 15 is 0 Å². The summed E-state index contributed by atoms with van der Waals surface area (Å²) < 4.78 is 13.0. The zero-order valence-corrected chi connectivity index (χ0v) is 16.2. The molecular formula is C22H32FN3. The van der Waals surface area contributed by atoms with Crippen LogP contribution in [0.4, 0.5) is 4.39 Å². The van der Waals surface area contributed by atoms with Crippen LogP contribution in [0.15, 0.2) is 30.3 Å². The van der Waals surface area contributed by atoms with E-state index in [1.165, 1.54) is 50.8 Å². The first-order valence-corrected chi connectivity index (χ1v) is 10.1. The second-order valence-corrected chi connectivity index (χ2v) is 8.03. The van der Waals surface area contributed by atoms with Crippen molar-refractivity contribution < 1.29 is 4.39 Å². The van der Waals surface area contributed by atoms with E-state index in [1.54, 1.807) is 12.1 Å². The lowest BCUT2D eigenvalue weighted by molar-refractivity contribution is 0.195. The SMILES string of the molecule is CC(CN(C)CCCc1cc(-c2ccc(F)cc2)n[nH]1)C1CCCCC1. The summed E-state index contributed by atoms with van der Waals surface area (Å²) in [6, 6.07) is 8.58. The number of H-pyrrole nitrogens is 1. The van der Waals surface area contributed by atoms with E-state index in [2.05, 4.69) is 35.1 Å². The van der Waals surface area contributed by atoms with Gasteiger partial charge in [-0.25, -0.2) is 4.39 Å². The molecule has 1 fully saturated rings. The van der Waals surface area contributed by atoms with Crippen LogP contribution < -0.4 is 0 Å². The molecular weight excluding hydrogens is 325 g/mol. The van der Waals surface area contributed by atoms with E-state index in [0.29, 0.717) is 0 Å². The minimum absolute atomic E-state index is 0.213. The number of benzene rings is 1. The van der Waals surface area contributed by atoms with Crippen LogP contribution in [-0.2, 0) is 6.42 Å². The van der Waals surface area contributed by atoms with Gasteiger partial charge in [-0.2, -0.15) is 5.10 Å². The van der Waals surface area contributed by atoms with Gasteiger partial charge >= 0.3 is 0 Å². The normalized spacial score (nSPS) is 16.9. The number of hydrogen-bond donors (Lipinski definition) is 1. The molecule has 0 bridgehead atoms. The minimum atomic E-state index is -0.213. The van der Waals surface area contributed by atoms with Crippen LogP contribution in [0.25, 0.3) is 11.3 Å². The van der Waals surface area contributed by atoms with Gasteiger partial charge in [-0.1, -0.05) is 39.0 Å². The number of nitrogens with zero attached hydrogens (tertiary/aromatic N) is 2. The van der Waals surface area contributed by atoms with Crippen LogP contribution in [0.3, 0.4) is 0 Å². The molecule has 1 atom stereocenters. The highest BCUT2D eigenvalue weighted by Crippen LogP contribution is 2.30. The molecule has 1 aliphatic carbocycles. The van der Waals surface area contributed by atoms with E-state index in [-0.39, 0.29) is 5.82 Å². The average Bonchev–Trinajstić information content (AvgIpc) is 3.12. The van der Waals surface area contributed by atoms with Crippen molar-refractivity contribution in [3.05, 3.63) is 41.8 Å². The van der Waals surface area contributed by atoms with Crippen molar-refractivity contribution in [2.24, 2.45) is 11.8 Å². The Balaban J connectivity index is 1.41. The molecule has 3 rings (SSSR count). The molecule has 0 amide bonds. The molecule has 1 aliphatic rings. The lowest BCUT2D eigenvalue weighted by Crippen LogP contribution is -2.30. The fourth-order valence-corrected chi connectivity index (χ4v) is 4.23. The molecule has 1 aromatic heterocycles. The number of aromatic nitrogens is 2. The monoisotopic (exact) mass is 357 g/mol. The van der Waals surface area contributed by atoms with Crippen LogP contribution in [0, 0.1) is 17.7 Å². The lowest BCUT2D eigenvalue weighted by atomic mass is 9.81. The van der Waals surface area contributed by atoms with Gasteiger partial charge in [-0.05, 0) is 68.6 Å². The van der Waals surface area contributed by atoms with E-state index in [9.17, 15) is 4.39 Å². The first-order chi connectivity index (χ1) is 12.6. The van der Waals surface area contributed by atoms with Crippen LogP contribution in [0.5, 0.6) is 0 Å². The summed E-state index contributed by atoms with van der Waals surface area (Å²) in [6.45, 7) is 4.74. The maximum absolute atomic E-state index is 13.0. The van der Waals surface area contributed by atoms with Gasteiger partial charge in [-0.15, -0.1) is 0 Å². The van der Waals surface area contributed by atoms with Crippen molar-refractivity contribution in [1.29, 1.82) is 0 Å². The highest BCUT2D eigenvalue weighted by atomic mass is 19.1. The Bertz CT molecular complexity index is 658. The molecule has 0 saturated heterocycles. The van der Waals surface area contributed by atoms with Gasteiger partial charge in [0.2, 0.25) is 0 Å². The summed E-state index contributed by atoms with van der Waals surface area (Å²) in [6.07, 6.45) is 9.26. The molecule has 0 radical (unpaired) electrons. The van der Waals surface area contributed by atoms with Gasteiger partial charge in [0.25, 0.3) is 0 Å². The Morgan fingerprint density at radius 2 is 1.92 bits per heavy atom. The molecule has 2 aromatic rings. The van der Waals surface area contributed by atoms with E-state index < -0.39 is 0 Å². The fourth-order valence-electron chi connectivity index (χ4n) is 4.23. The molecule has 4 heteroatoms. The number of hydrogen-bond acceptors (Lipinski definition) is 2. The first kappa shape index (κ1) is 19.1. The van der Waals surface area contributed by atoms with Gasteiger partial charge in [0.15, 0.2) is 0 Å². The van der Waals surface area contributed by atoms with Crippen LogP contribution in [-0.4, -0.2) is 35.2 Å². The van der Waals surface area contributed by atoms with E-state index in [4.69, 9.17) is 0 Å². The van der Waals surface area contributed by atoms with Crippen molar-refractivity contribution in [2.45, 2.75) is 51.9 Å². The zero-order valence-electron chi connectivity index (χ0n) is 16.2. The summed E-state index contributed by atoms with van der Waals surface area (Å²) in [7, 11) is 2.25. The quantitative estimate of drug-likeness (QED) is 0.695. The third-order valence-electron chi connectivity index (χ3n) is 5.81. The Hall–Kier alpha value is -1.68. The highest BCUT2D eigenvalue weighted by Gasteiger charge is 2.20. The van der Waals surface area contributed by atoms with Crippen molar-refractivity contribution in [2.75, 3.05) is 20.1 Å². The van der Waals surface area contributed by atoms with Crippen molar-refractivity contribution in [3.8, 4) is 11.3 Å². The summed E-state index contributed by atoms with van der Waals surface area (Å²) in [5.74, 6) is 1.52. The molecule has 3 nitrogen and oxygen atoms in total. The Kier molecular flexibility index (Phi) is 6.84. The molecule has 1 unspecified atom stereocenters. The Morgan fingerprint density at radius 3 is 2.65 bits per heavy atom. The summed E-state index contributed by atoms with van der Waals surface area (Å²) in [5, 5.41) is 7.49. The average molecular weight is 358 g/mol. The standard InChI is InChI=1S/C22H32FN3/c1-17(18-7-4-3-5-8-18)16-26(2)14-6-9-21-15-22(25-24-21)19-10-12-20(23)13-11-19/h10-13,15,17-18H,3-9,14,16H2,1-2H3,(H,24,25). The molecule has 142 valence electrons. The topological polar surface area (TPSA) is 31.9 Å². The largest absolute Gasteiger partial charge is 0.306 e. The van der Waals surface area contributed by atoms with Gasteiger partial charge in [0.05, 0.1) is 5.69 Å². The predicted octanol–water partition coefficient (Wildman–Crippen LogP) is 5.30. The number of aromatic amines is 1. The Morgan fingerprint density at radius 1 is 1.19 bits per heavy atom. The van der Waals surface area contributed by atoms with Gasteiger partial charge < -0.3 is 4.90 Å². The van der Waals surface area contributed by atoms with E-state index in [0.717, 1.165) is 48.2 Å². The van der Waals surface area contributed by atoms with E-state index in [1.807, 2.05) is 0 Å². The molecule has 1 saturated carbocycles. The van der Waals surface area contributed by atoms with Crippen LogP contribution >= 0.6 is 0 Å². The number of rotatable bonds is 8. The maximum atomic E-state index is 13.0. The maximum Gasteiger partial charge on any atom is 0.123 e. The van der Waals surface area contributed by atoms with Gasteiger partial charge in [0.1, 0.15) is 5.82 Å². The molecule has 26 heavy (non-hydrogen) atoms. The highest BCUT2D eigenvalue weighted by molar-refractivity contribution is 5.58. The van der Waals surface area contributed by atoms with Gasteiger partial charge in [0, 0.05) is 17.8 Å². The molecule has 1 aromatic carbocycles. The number of aryl methyl sites for hydroxylation is 1. The summed E-state index contributed by atoms with van der Waals surface area (Å²) >= 11 is 0. The molecule has 0 aliphatic heterocycles. The van der Waals surface area contributed by atoms with Crippen molar-refractivity contribution in [1.82, 2.24) is 15.1 Å².